The fraction of sp³-hybridized carbons (Fsp3) is 0.467. The van der Waals surface area contributed by atoms with E-state index in [9.17, 15) is 14.7 Å². The molecule has 2 rings (SSSR count). The summed E-state index contributed by atoms with van der Waals surface area (Å²) >= 11 is 0. The van der Waals surface area contributed by atoms with Gasteiger partial charge in [-0.1, -0.05) is 6.07 Å². The smallest absolute Gasteiger partial charge is 0.329 e. The van der Waals surface area contributed by atoms with E-state index in [1.807, 2.05) is 0 Å². The second-order valence-electron chi connectivity index (χ2n) is 5.28. The predicted molar refractivity (Wildman–Crippen MR) is 75.8 cm³/mol. The third kappa shape index (κ3) is 2.79. The van der Waals surface area contributed by atoms with Crippen LogP contribution in [0.4, 0.5) is 0 Å². The molecule has 1 aliphatic carbocycles. The van der Waals surface area contributed by atoms with Crippen LogP contribution in [0.1, 0.15) is 30.1 Å². The van der Waals surface area contributed by atoms with Gasteiger partial charge >= 0.3 is 5.97 Å². The number of nitrogens with one attached hydrogen (secondary N) is 1. The van der Waals surface area contributed by atoms with Gasteiger partial charge < -0.3 is 19.9 Å². The first-order valence-electron chi connectivity index (χ1n) is 6.71. The van der Waals surface area contributed by atoms with Crippen LogP contribution < -0.4 is 14.8 Å². The van der Waals surface area contributed by atoms with Gasteiger partial charge in [0.05, 0.1) is 19.8 Å². The highest BCUT2D eigenvalue weighted by Gasteiger charge is 2.48. The molecule has 0 radical (unpaired) electrons. The summed E-state index contributed by atoms with van der Waals surface area (Å²) in [4.78, 5) is 23.9. The summed E-state index contributed by atoms with van der Waals surface area (Å²) in [5.41, 5.74) is -1.00. The normalized spacial score (nSPS) is 16.7. The molecule has 1 aromatic carbocycles. The van der Waals surface area contributed by atoms with Crippen molar-refractivity contribution < 1.29 is 24.2 Å². The molecular weight excluding hydrogens is 274 g/mol. The van der Waals surface area contributed by atoms with E-state index in [1.165, 1.54) is 21.1 Å². The minimum absolute atomic E-state index is 0.0319. The zero-order valence-corrected chi connectivity index (χ0v) is 12.3. The Morgan fingerprint density at radius 1 is 1.29 bits per heavy atom. The van der Waals surface area contributed by atoms with Crippen molar-refractivity contribution >= 4 is 11.9 Å². The number of amides is 1. The number of hydrogen-bond acceptors (Lipinski definition) is 4. The van der Waals surface area contributed by atoms with Crippen LogP contribution in [0.2, 0.25) is 0 Å². The highest BCUT2D eigenvalue weighted by atomic mass is 16.5. The SMILES string of the molecule is COc1cccc(C(=O)N[C@@](C)(C(=O)O)C2CC2)c1OC. The average Bonchev–Trinajstić information content (AvgIpc) is 3.30. The third-order valence-corrected chi connectivity index (χ3v) is 3.86. The number of carboxylic acid groups (broad SMARTS) is 1. The molecule has 1 atom stereocenters. The molecule has 6 nitrogen and oxygen atoms in total. The molecule has 1 saturated carbocycles. The highest BCUT2D eigenvalue weighted by Crippen LogP contribution is 2.40. The van der Waals surface area contributed by atoms with E-state index in [0.717, 1.165) is 12.8 Å². The first-order valence-corrected chi connectivity index (χ1v) is 6.71. The van der Waals surface area contributed by atoms with Crippen molar-refractivity contribution in [2.75, 3.05) is 14.2 Å². The van der Waals surface area contributed by atoms with E-state index >= 15 is 0 Å². The van der Waals surface area contributed by atoms with E-state index in [0.29, 0.717) is 11.5 Å². The van der Waals surface area contributed by atoms with Gasteiger partial charge in [-0.15, -0.1) is 0 Å². The fourth-order valence-electron chi connectivity index (χ4n) is 2.36. The number of carbonyl (C=O) groups is 2. The van der Waals surface area contributed by atoms with Crippen molar-refractivity contribution in [1.82, 2.24) is 5.32 Å². The molecule has 1 amide bonds. The van der Waals surface area contributed by atoms with Crippen molar-refractivity contribution in [2.24, 2.45) is 5.92 Å². The molecular formula is C15H19NO5. The van der Waals surface area contributed by atoms with Crippen LogP contribution in [-0.2, 0) is 4.79 Å². The molecule has 2 N–H and O–H groups in total. The molecule has 0 spiro atoms. The van der Waals surface area contributed by atoms with Crippen LogP contribution in [0.15, 0.2) is 18.2 Å². The Bertz CT molecular complexity index is 567. The number of benzene rings is 1. The molecule has 1 fully saturated rings. The molecule has 0 saturated heterocycles. The summed E-state index contributed by atoms with van der Waals surface area (Å²) in [6.07, 6.45) is 1.61. The first kappa shape index (κ1) is 15.2. The Hall–Kier alpha value is -2.24. The number of ether oxygens (including phenoxy) is 2. The standard InChI is InChI=1S/C15H19NO5/c1-15(14(18)19,9-7-8-9)16-13(17)10-5-4-6-11(20-2)12(10)21-3/h4-6,9H,7-8H2,1-3H3,(H,16,17)(H,18,19)/t15-/m1/s1. The van der Waals surface area contributed by atoms with Crippen LogP contribution >= 0.6 is 0 Å². The van der Waals surface area contributed by atoms with Crippen molar-refractivity contribution in [3.63, 3.8) is 0 Å². The van der Waals surface area contributed by atoms with Crippen molar-refractivity contribution in [3.8, 4) is 11.5 Å². The summed E-state index contributed by atoms with van der Waals surface area (Å²) < 4.78 is 10.3. The Labute approximate surface area is 123 Å². The third-order valence-electron chi connectivity index (χ3n) is 3.86. The average molecular weight is 293 g/mol. The maximum absolute atomic E-state index is 12.4. The van der Waals surface area contributed by atoms with E-state index in [4.69, 9.17) is 9.47 Å². The number of carbonyl (C=O) groups excluding carboxylic acids is 1. The highest BCUT2D eigenvalue weighted by molar-refractivity contribution is 6.00. The van der Waals surface area contributed by atoms with Crippen LogP contribution in [0.25, 0.3) is 0 Å². The van der Waals surface area contributed by atoms with Gasteiger partial charge in [-0.3, -0.25) is 4.79 Å². The number of hydrogen-bond donors (Lipinski definition) is 2. The number of rotatable bonds is 6. The number of aliphatic carboxylic acids is 1. The second kappa shape index (κ2) is 5.63. The molecule has 6 heteroatoms. The summed E-state index contributed by atoms with van der Waals surface area (Å²) in [6.45, 7) is 1.54. The Morgan fingerprint density at radius 3 is 2.43 bits per heavy atom. The zero-order valence-electron chi connectivity index (χ0n) is 12.3. The first-order chi connectivity index (χ1) is 9.93. The summed E-state index contributed by atoms with van der Waals surface area (Å²) in [7, 11) is 2.91. The Morgan fingerprint density at radius 2 is 1.95 bits per heavy atom. The molecule has 0 aromatic heterocycles. The van der Waals surface area contributed by atoms with Gasteiger partial charge in [0.15, 0.2) is 11.5 Å². The van der Waals surface area contributed by atoms with Gasteiger partial charge in [-0.05, 0) is 37.8 Å². The molecule has 0 heterocycles. The van der Waals surface area contributed by atoms with Crippen LogP contribution in [0.3, 0.4) is 0 Å². The molecule has 1 aromatic rings. The van der Waals surface area contributed by atoms with Crippen molar-refractivity contribution in [2.45, 2.75) is 25.3 Å². The predicted octanol–water partition coefficient (Wildman–Crippen LogP) is 1.69. The van der Waals surface area contributed by atoms with Crippen LogP contribution in [-0.4, -0.2) is 36.7 Å². The molecule has 0 bridgehead atoms. The van der Waals surface area contributed by atoms with Gasteiger partial charge in [-0.2, -0.15) is 0 Å². The summed E-state index contributed by atoms with van der Waals surface area (Å²) in [5.74, 6) is -0.826. The second-order valence-corrected chi connectivity index (χ2v) is 5.28. The molecule has 21 heavy (non-hydrogen) atoms. The summed E-state index contributed by atoms with van der Waals surface area (Å²) in [5, 5.41) is 12.0. The lowest BCUT2D eigenvalue weighted by Gasteiger charge is -2.26. The van der Waals surface area contributed by atoms with Crippen LogP contribution in [0.5, 0.6) is 11.5 Å². The van der Waals surface area contributed by atoms with Gasteiger partial charge in [0.25, 0.3) is 5.91 Å². The van der Waals surface area contributed by atoms with E-state index in [-0.39, 0.29) is 11.5 Å². The molecule has 114 valence electrons. The lowest BCUT2D eigenvalue weighted by Crippen LogP contribution is -2.54. The zero-order chi connectivity index (χ0) is 15.6. The van der Waals surface area contributed by atoms with Crippen molar-refractivity contribution in [3.05, 3.63) is 23.8 Å². The number of carboxylic acids is 1. The van der Waals surface area contributed by atoms with Gasteiger partial charge in [-0.25, -0.2) is 4.79 Å². The molecule has 1 aliphatic rings. The molecule has 0 aliphatic heterocycles. The lowest BCUT2D eigenvalue weighted by molar-refractivity contribution is -0.144. The maximum Gasteiger partial charge on any atom is 0.329 e. The topological polar surface area (TPSA) is 84.9 Å². The number of para-hydroxylation sites is 1. The van der Waals surface area contributed by atoms with Gasteiger partial charge in [0.2, 0.25) is 0 Å². The maximum atomic E-state index is 12.4. The largest absolute Gasteiger partial charge is 0.493 e. The quantitative estimate of drug-likeness (QED) is 0.833. The van der Waals surface area contributed by atoms with E-state index in [2.05, 4.69) is 5.32 Å². The monoisotopic (exact) mass is 293 g/mol. The van der Waals surface area contributed by atoms with E-state index < -0.39 is 17.4 Å². The van der Waals surface area contributed by atoms with Crippen molar-refractivity contribution in [1.29, 1.82) is 0 Å². The fourth-order valence-corrected chi connectivity index (χ4v) is 2.36. The van der Waals surface area contributed by atoms with Gasteiger partial charge in [0, 0.05) is 0 Å². The number of methoxy groups -OCH3 is 2. The molecule has 0 unspecified atom stereocenters. The minimum atomic E-state index is -1.26. The summed E-state index contributed by atoms with van der Waals surface area (Å²) in [6, 6.07) is 4.91. The minimum Gasteiger partial charge on any atom is -0.493 e. The Balaban J connectivity index is 2.30. The lowest BCUT2D eigenvalue weighted by atomic mass is 9.95. The van der Waals surface area contributed by atoms with Crippen LogP contribution in [0, 0.1) is 5.92 Å². The van der Waals surface area contributed by atoms with Gasteiger partial charge in [0.1, 0.15) is 5.54 Å². The Kier molecular flexibility index (Phi) is 4.06. The van der Waals surface area contributed by atoms with E-state index in [1.54, 1.807) is 18.2 Å².